The molecule has 2 bridgehead atoms. The summed E-state index contributed by atoms with van der Waals surface area (Å²) in [5.41, 5.74) is 1.50. The number of thiazole rings is 1. The lowest BCUT2D eigenvalue weighted by Gasteiger charge is -2.43. The number of imide groups is 1. The summed E-state index contributed by atoms with van der Waals surface area (Å²) >= 11 is 8.73. The molecule has 48 heavy (non-hydrogen) atoms. The number of likely N-dealkylation sites (tertiary alicyclic amines) is 1. The molecule has 252 valence electrons. The minimum Gasteiger partial charge on any atom is -0.493 e. The average molecular weight is 712 g/mol. The van der Waals surface area contributed by atoms with Crippen molar-refractivity contribution in [2.45, 2.75) is 48.3 Å². The number of ether oxygens (including phenoxy) is 2. The van der Waals surface area contributed by atoms with Gasteiger partial charge in [-0.3, -0.25) is 28.9 Å². The Morgan fingerprint density at radius 1 is 1.02 bits per heavy atom. The fraction of sp³-hybridized carbons (Fsp3) is 0.441. The number of fused-ring (bicyclic) bond motifs is 9. The van der Waals surface area contributed by atoms with Gasteiger partial charge >= 0.3 is 10.8 Å². The van der Waals surface area contributed by atoms with E-state index in [0.717, 1.165) is 21.9 Å². The number of methoxy groups -OCH3 is 1. The number of benzene rings is 2. The minimum absolute atomic E-state index is 0.00571. The summed E-state index contributed by atoms with van der Waals surface area (Å²) in [7, 11) is 1.53. The van der Waals surface area contributed by atoms with Gasteiger partial charge in [0.25, 0.3) is 5.91 Å². The largest absolute Gasteiger partial charge is 0.493 e. The van der Waals surface area contributed by atoms with Crippen LogP contribution in [-0.2, 0) is 19.2 Å². The van der Waals surface area contributed by atoms with Gasteiger partial charge in [-0.2, -0.15) is 0 Å². The van der Waals surface area contributed by atoms with E-state index in [4.69, 9.17) is 26.2 Å². The maximum atomic E-state index is 13.8. The predicted octanol–water partition coefficient (Wildman–Crippen LogP) is 5.23. The van der Waals surface area contributed by atoms with Crippen molar-refractivity contribution in [3.63, 3.8) is 0 Å². The number of carbonyl (C=O) groups excluding carboxylic acids is 3. The van der Waals surface area contributed by atoms with Crippen molar-refractivity contribution < 1.29 is 33.8 Å². The van der Waals surface area contributed by atoms with E-state index in [1.807, 2.05) is 12.1 Å². The lowest BCUT2D eigenvalue weighted by atomic mass is 9.68. The first-order valence-electron chi connectivity index (χ1n) is 16.0. The molecule has 2 saturated carbocycles. The zero-order chi connectivity index (χ0) is 33.7. The van der Waals surface area contributed by atoms with Gasteiger partial charge in [0.2, 0.25) is 11.8 Å². The number of aromatic nitrogens is 1. The Bertz CT molecular complexity index is 1830. The van der Waals surface area contributed by atoms with Crippen LogP contribution < -0.4 is 19.7 Å². The van der Waals surface area contributed by atoms with Crippen LogP contribution in [0.1, 0.15) is 48.5 Å². The van der Waals surface area contributed by atoms with Gasteiger partial charge in [0.1, 0.15) is 0 Å². The molecule has 2 aliphatic heterocycles. The van der Waals surface area contributed by atoms with Crippen LogP contribution in [0.25, 0.3) is 0 Å². The van der Waals surface area contributed by atoms with Crippen LogP contribution in [0.3, 0.4) is 0 Å². The van der Waals surface area contributed by atoms with Gasteiger partial charge in [-0.15, -0.1) is 11.8 Å². The fourth-order valence-corrected chi connectivity index (χ4v) is 11.3. The number of hydrogen-bond acceptors (Lipinski definition) is 9. The molecule has 1 saturated heterocycles. The lowest BCUT2D eigenvalue weighted by molar-refractivity contribution is -0.141. The summed E-state index contributed by atoms with van der Waals surface area (Å²) in [6.07, 6.45) is 2.58. The molecule has 3 fully saturated rings. The zero-order valence-corrected chi connectivity index (χ0v) is 28.4. The number of thioether (sulfide) groups is 1. The molecular formula is C34H34ClN3O8S2. The van der Waals surface area contributed by atoms with Gasteiger partial charge < -0.3 is 24.9 Å². The number of hydrogen-bond donors (Lipinski definition) is 3. The number of rotatable bonds is 12. The number of nitrogens with one attached hydrogen (secondary N) is 2. The minimum atomic E-state index is -0.851. The van der Waals surface area contributed by atoms with Crippen molar-refractivity contribution >= 4 is 64.1 Å². The van der Waals surface area contributed by atoms with Crippen LogP contribution in [-0.4, -0.2) is 64.2 Å². The summed E-state index contributed by atoms with van der Waals surface area (Å²) in [5.74, 6) is -1.57. The van der Waals surface area contributed by atoms with Crippen molar-refractivity contribution in [2.75, 3.05) is 25.6 Å². The Kier molecular flexibility index (Phi) is 9.03. The average Bonchev–Trinajstić information content (AvgIpc) is 3.80. The molecule has 4 aliphatic rings. The molecule has 11 nitrogen and oxygen atoms in total. The Balaban J connectivity index is 1.11. The zero-order valence-electron chi connectivity index (χ0n) is 26.0. The topological polar surface area (TPSA) is 155 Å². The van der Waals surface area contributed by atoms with Crippen molar-refractivity contribution in [1.29, 1.82) is 0 Å². The molecule has 2 aromatic carbocycles. The van der Waals surface area contributed by atoms with E-state index in [1.54, 1.807) is 42.1 Å². The van der Waals surface area contributed by atoms with E-state index in [2.05, 4.69) is 10.3 Å². The number of carboxylic acids is 1. The van der Waals surface area contributed by atoms with Crippen LogP contribution in [0.5, 0.6) is 11.5 Å². The molecule has 1 aromatic heterocycles. The van der Waals surface area contributed by atoms with Gasteiger partial charge in [0, 0.05) is 39.7 Å². The van der Waals surface area contributed by atoms with Gasteiger partial charge in [-0.25, -0.2) is 0 Å². The predicted molar refractivity (Wildman–Crippen MR) is 180 cm³/mol. The molecule has 3 N–H and O–H groups in total. The maximum Gasteiger partial charge on any atom is 0.305 e. The molecule has 3 amide bonds. The summed E-state index contributed by atoms with van der Waals surface area (Å²) in [6, 6.07) is 12.3. The van der Waals surface area contributed by atoms with Gasteiger partial charge in [-0.05, 0) is 79.0 Å². The third-order valence-electron chi connectivity index (χ3n) is 10.1. The SMILES string of the molecule is COc1cc([C@H]2c3sc(=O)[nH]c3SC3C4CC(C5C(=O)N(CCCCCC(=O)O)C(=O)C45)C32)ccc1OCC(=O)Nc1ccc(Cl)cc1. The van der Waals surface area contributed by atoms with Crippen molar-refractivity contribution in [3.8, 4) is 11.5 Å². The third kappa shape index (κ3) is 5.90. The molecule has 0 radical (unpaired) electrons. The Morgan fingerprint density at radius 2 is 1.77 bits per heavy atom. The van der Waals surface area contributed by atoms with E-state index >= 15 is 0 Å². The number of anilines is 1. The van der Waals surface area contributed by atoms with E-state index in [-0.39, 0.29) is 70.5 Å². The molecule has 14 heteroatoms. The van der Waals surface area contributed by atoms with Crippen LogP contribution in [0, 0.1) is 29.6 Å². The van der Waals surface area contributed by atoms with Crippen molar-refractivity contribution in [1.82, 2.24) is 9.88 Å². The van der Waals surface area contributed by atoms with Crippen molar-refractivity contribution in [3.05, 3.63) is 67.6 Å². The maximum absolute atomic E-state index is 13.8. The van der Waals surface area contributed by atoms with E-state index < -0.39 is 11.9 Å². The van der Waals surface area contributed by atoms with E-state index in [1.165, 1.54) is 23.3 Å². The number of halogens is 1. The normalized spacial score (nSPS) is 26.6. The molecule has 3 aromatic rings. The third-order valence-corrected chi connectivity index (χ3v) is 13.0. The Morgan fingerprint density at radius 3 is 2.50 bits per heavy atom. The van der Waals surface area contributed by atoms with Crippen LogP contribution in [0.2, 0.25) is 5.02 Å². The number of amides is 3. The van der Waals surface area contributed by atoms with Gasteiger partial charge in [-0.1, -0.05) is 35.4 Å². The monoisotopic (exact) mass is 711 g/mol. The highest BCUT2D eigenvalue weighted by Crippen LogP contribution is 2.68. The first-order chi connectivity index (χ1) is 23.1. The van der Waals surface area contributed by atoms with E-state index in [0.29, 0.717) is 48.0 Å². The Labute approximate surface area is 289 Å². The second-order valence-electron chi connectivity index (χ2n) is 12.7. The lowest BCUT2D eigenvalue weighted by Crippen LogP contribution is -2.42. The second kappa shape index (κ2) is 13.2. The van der Waals surface area contributed by atoms with Gasteiger partial charge in [0.05, 0.1) is 24.0 Å². The molecule has 3 heterocycles. The van der Waals surface area contributed by atoms with Crippen LogP contribution in [0.4, 0.5) is 5.69 Å². The Hall–Kier alpha value is -3.81. The summed E-state index contributed by atoms with van der Waals surface area (Å²) in [6.45, 7) is 0.0678. The molecule has 6 unspecified atom stereocenters. The van der Waals surface area contributed by atoms with Gasteiger partial charge in [0.15, 0.2) is 18.1 Å². The van der Waals surface area contributed by atoms with Crippen LogP contribution >= 0.6 is 34.7 Å². The number of nitrogens with zero attached hydrogens (tertiary/aromatic N) is 1. The number of unbranched alkanes of at least 4 members (excludes halogenated alkanes) is 2. The molecule has 2 aliphatic carbocycles. The highest BCUT2D eigenvalue weighted by molar-refractivity contribution is 8.00. The number of H-pyrrole nitrogens is 1. The summed E-state index contributed by atoms with van der Waals surface area (Å²) in [5, 5.41) is 13.1. The molecule has 0 spiro atoms. The number of carbonyl (C=O) groups is 4. The number of carboxylic acid groups (broad SMARTS) is 1. The van der Waals surface area contributed by atoms with E-state index in [9.17, 15) is 24.0 Å². The molecule has 7 rings (SSSR count). The highest BCUT2D eigenvalue weighted by atomic mass is 35.5. The summed E-state index contributed by atoms with van der Waals surface area (Å²) in [4.78, 5) is 68.8. The number of aromatic amines is 1. The summed E-state index contributed by atoms with van der Waals surface area (Å²) < 4.78 is 11.6. The van der Waals surface area contributed by atoms with Crippen LogP contribution in [0.15, 0.2) is 52.3 Å². The molecule has 7 atom stereocenters. The van der Waals surface area contributed by atoms with Crippen molar-refractivity contribution in [2.24, 2.45) is 29.6 Å². The molecular weight excluding hydrogens is 678 g/mol. The fourth-order valence-electron chi connectivity index (χ4n) is 8.27. The first kappa shape index (κ1) is 32.7. The number of aliphatic carboxylic acids is 1. The first-order valence-corrected chi connectivity index (χ1v) is 18.0. The quantitative estimate of drug-likeness (QED) is 0.169. The standard InChI is InChI=1S/C34H34ClN3O8S2/c1-45-22-13-16(6-11-21(22)46-15-23(39)36-18-9-7-17(35)8-10-18)25-26-19-14-20(29(26)47-31-30(25)48-34(44)37-31)28-27(19)32(42)38(33(28)43)12-4-2-3-5-24(40)41/h6-11,13,19-20,25-29H,2-5,12,14-15H2,1H3,(H,36,39)(H,37,44)(H,40,41)/t19?,20?,25-,26?,27?,28?,29?/m1/s1. The second-order valence-corrected chi connectivity index (χ2v) is 15.4. The highest BCUT2D eigenvalue weighted by Gasteiger charge is 2.69. The smallest absolute Gasteiger partial charge is 0.305 e.